The van der Waals surface area contributed by atoms with E-state index in [2.05, 4.69) is 10.6 Å². The van der Waals surface area contributed by atoms with Crippen molar-refractivity contribution in [3.05, 3.63) is 48.0 Å². The van der Waals surface area contributed by atoms with E-state index in [4.69, 9.17) is 0 Å². The molecule has 2 aromatic carbocycles. The van der Waals surface area contributed by atoms with Crippen LogP contribution in [0.3, 0.4) is 0 Å². The summed E-state index contributed by atoms with van der Waals surface area (Å²) in [6, 6.07) is 13.8. The van der Waals surface area contributed by atoms with Crippen molar-refractivity contribution < 1.29 is 13.2 Å². The average Bonchev–Trinajstić information content (AvgIpc) is 2.60. The lowest BCUT2D eigenvalue weighted by atomic mass is 9.94. The Morgan fingerprint density at radius 1 is 1.12 bits per heavy atom. The number of fused-ring (bicyclic) bond motifs is 1. The lowest BCUT2D eigenvalue weighted by Crippen LogP contribution is -2.57. The number of hydrogen-bond acceptors (Lipinski definition) is 4. The highest BCUT2D eigenvalue weighted by Crippen LogP contribution is 2.29. The van der Waals surface area contributed by atoms with Crippen molar-refractivity contribution in [2.24, 2.45) is 0 Å². The third-order valence-electron chi connectivity index (χ3n) is 5.16. The van der Waals surface area contributed by atoms with Gasteiger partial charge in [0.1, 0.15) is 0 Å². The molecule has 1 aliphatic heterocycles. The van der Waals surface area contributed by atoms with Gasteiger partial charge in [0.15, 0.2) is 14.6 Å². The van der Waals surface area contributed by atoms with Crippen LogP contribution >= 0.6 is 0 Å². The molecule has 2 N–H and O–H groups in total. The number of sulfone groups is 1. The van der Waals surface area contributed by atoms with Crippen molar-refractivity contribution in [1.29, 1.82) is 0 Å². The fraction of sp³-hybridized carbons (Fsp3) is 0.421. The highest BCUT2D eigenvalue weighted by molar-refractivity contribution is 7.92. The predicted molar refractivity (Wildman–Crippen MR) is 100 cm³/mol. The summed E-state index contributed by atoms with van der Waals surface area (Å²) in [5.41, 5.74) is 0.963. The molecule has 2 aromatic rings. The van der Waals surface area contributed by atoms with Crippen molar-refractivity contribution in [1.82, 2.24) is 10.6 Å². The van der Waals surface area contributed by atoms with Gasteiger partial charge in [0, 0.05) is 6.26 Å². The molecule has 5 nitrogen and oxygen atoms in total. The summed E-state index contributed by atoms with van der Waals surface area (Å²) in [5.74, 6) is -0.392. The minimum Gasteiger partial charge on any atom is -0.348 e. The Bertz CT molecular complexity index is 886. The smallest absolute Gasteiger partial charge is 0.242 e. The molecule has 0 aromatic heterocycles. The molecule has 0 radical (unpaired) electrons. The summed E-state index contributed by atoms with van der Waals surface area (Å²) in [5, 5.41) is 8.29. The second kappa shape index (κ2) is 6.77. The predicted octanol–water partition coefficient (Wildman–Crippen LogP) is 2.18. The molecule has 0 aliphatic carbocycles. The third-order valence-corrected chi connectivity index (χ3v) is 7.17. The molecule has 1 heterocycles. The Morgan fingerprint density at radius 2 is 1.76 bits per heavy atom. The average molecular weight is 360 g/mol. The number of nitrogens with one attached hydrogen (secondary N) is 2. The molecule has 6 heteroatoms. The molecule has 3 rings (SSSR count). The summed E-state index contributed by atoms with van der Waals surface area (Å²) in [4.78, 5) is 12.9. The first-order valence-corrected chi connectivity index (χ1v) is 10.4. The van der Waals surface area contributed by atoms with E-state index >= 15 is 0 Å². The van der Waals surface area contributed by atoms with E-state index in [1.54, 1.807) is 0 Å². The fourth-order valence-electron chi connectivity index (χ4n) is 3.49. The monoisotopic (exact) mass is 360 g/mol. The van der Waals surface area contributed by atoms with Crippen molar-refractivity contribution in [2.75, 3.05) is 19.3 Å². The van der Waals surface area contributed by atoms with Gasteiger partial charge in [-0.1, -0.05) is 36.4 Å². The third kappa shape index (κ3) is 3.41. The number of carbonyl (C=O) groups is 1. The van der Waals surface area contributed by atoms with Crippen LogP contribution in [0, 0.1) is 0 Å². The van der Waals surface area contributed by atoms with E-state index < -0.39 is 20.5 Å². The molecule has 0 spiro atoms. The zero-order valence-electron chi connectivity index (χ0n) is 14.6. The topological polar surface area (TPSA) is 75.3 Å². The van der Waals surface area contributed by atoms with E-state index in [-0.39, 0.29) is 6.04 Å². The number of carbonyl (C=O) groups excluding carboxylic acids is 1. The van der Waals surface area contributed by atoms with Gasteiger partial charge in [0.05, 0.1) is 6.04 Å². The second-order valence-electron chi connectivity index (χ2n) is 6.82. The zero-order chi connectivity index (χ0) is 18.1. The first-order chi connectivity index (χ1) is 11.8. The standard InChI is InChI=1S/C19H24N2O3S/c1-14(16-8-7-15-5-3-4-6-17(15)13-16)21-18(22)19(25(2,23)24)9-11-20-12-10-19/h3-8,13-14,20H,9-12H2,1-2H3,(H,21,22). The molecule has 0 bridgehead atoms. The Labute approximate surface area is 148 Å². The number of amides is 1. The van der Waals surface area contributed by atoms with Crippen molar-refractivity contribution in [2.45, 2.75) is 30.6 Å². The fourth-order valence-corrected chi connectivity index (χ4v) is 4.83. The van der Waals surface area contributed by atoms with Gasteiger partial charge in [0.2, 0.25) is 5.91 Å². The quantitative estimate of drug-likeness (QED) is 0.876. The van der Waals surface area contributed by atoms with Crippen molar-refractivity contribution in [3.8, 4) is 0 Å². The van der Waals surface area contributed by atoms with Crippen LogP contribution in [0.1, 0.15) is 31.4 Å². The second-order valence-corrected chi connectivity index (χ2v) is 9.14. The summed E-state index contributed by atoms with van der Waals surface area (Å²) in [6.45, 7) is 2.95. The van der Waals surface area contributed by atoms with E-state index in [9.17, 15) is 13.2 Å². The van der Waals surface area contributed by atoms with Crippen LogP contribution in [0.2, 0.25) is 0 Å². The first kappa shape index (κ1) is 17.9. The van der Waals surface area contributed by atoms with Crippen molar-refractivity contribution in [3.63, 3.8) is 0 Å². The lowest BCUT2D eigenvalue weighted by molar-refractivity contribution is -0.125. The van der Waals surface area contributed by atoms with Crippen molar-refractivity contribution >= 4 is 26.5 Å². The minimum absolute atomic E-state index is 0.259. The van der Waals surface area contributed by atoms with Crippen LogP contribution in [0.4, 0.5) is 0 Å². The zero-order valence-corrected chi connectivity index (χ0v) is 15.4. The van der Waals surface area contributed by atoms with Crippen LogP contribution in [-0.2, 0) is 14.6 Å². The normalized spacial score (nSPS) is 18.6. The van der Waals surface area contributed by atoms with Gasteiger partial charge in [-0.15, -0.1) is 0 Å². The Kier molecular flexibility index (Phi) is 4.84. The maximum Gasteiger partial charge on any atom is 0.242 e. The molecule has 1 amide bonds. The summed E-state index contributed by atoms with van der Waals surface area (Å²) >= 11 is 0. The highest BCUT2D eigenvalue weighted by atomic mass is 32.2. The Hall–Kier alpha value is -1.92. The largest absolute Gasteiger partial charge is 0.348 e. The van der Waals surface area contributed by atoms with Crippen LogP contribution in [0.15, 0.2) is 42.5 Å². The number of piperidine rings is 1. The maximum absolute atomic E-state index is 12.9. The van der Waals surface area contributed by atoms with E-state index in [1.807, 2.05) is 49.4 Å². The van der Waals surface area contributed by atoms with E-state index in [0.29, 0.717) is 25.9 Å². The summed E-state index contributed by atoms with van der Waals surface area (Å²) in [7, 11) is -3.50. The summed E-state index contributed by atoms with van der Waals surface area (Å²) < 4.78 is 23.4. The SMILES string of the molecule is CC(NC(=O)C1(S(C)(=O)=O)CCNCC1)c1ccc2ccccc2c1. The molecule has 1 unspecified atom stereocenters. The van der Waals surface area contributed by atoms with Gasteiger partial charge in [-0.3, -0.25) is 4.79 Å². The molecular weight excluding hydrogens is 336 g/mol. The maximum atomic E-state index is 12.9. The van der Waals surface area contributed by atoms with Crippen LogP contribution in [0.5, 0.6) is 0 Å². The molecule has 1 saturated heterocycles. The number of benzene rings is 2. The van der Waals surface area contributed by atoms with Crippen LogP contribution < -0.4 is 10.6 Å². The Balaban J connectivity index is 1.85. The Morgan fingerprint density at radius 3 is 2.40 bits per heavy atom. The highest BCUT2D eigenvalue weighted by Gasteiger charge is 2.48. The molecule has 0 saturated carbocycles. The molecule has 134 valence electrons. The lowest BCUT2D eigenvalue weighted by Gasteiger charge is -2.35. The van der Waals surface area contributed by atoms with Gasteiger partial charge in [-0.05, 0) is 55.3 Å². The molecule has 1 fully saturated rings. The minimum atomic E-state index is -3.50. The first-order valence-electron chi connectivity index (χ1n) is 8.53. The van der Waals surface area contributed by atoms with Gasteiger partial charge >= 0.3 is 0 Å². The van der Waals surface area contributed by atoms with E-state index in [1.165, 1.54) is 6.26 Å². The van der Waals surface area contributed by atoms with E-state index in [0.717, 1.165) is 16.3 Å². The van der Waals surface area contributed by atoms with Crippen LogP contribution in [0.25, 0.3) is 10.8 Å². The number of hydrogen-bond donors (Lipinski definition) is 2. The van der Waals surface area contributed by atoms with Gasteiger partial charge in [0.25, 0.3) is 0 Å². The molecule has 1 atom stereocenters. The van der Waals surface area contributed by atoms with Crippen LogP contribution in [-0.4, -0.2) is 38.4 Å². The molecular formula is C19H24N2O3S. The molecule has 1 aliphatic rings. The number of rotatable bonds is 4. The van der Waals surface area contributed by atoms with Gasteiger partial charge in [-0.2, -0.15) is 0 Å². The molecule has 25 heavy (non-hydrogen) atoms. The van der Waals surface area contributed by atoms with Gasteiger partial charge < -0.3 is 10.6 Å². The summed E-state index contributed by atoms with van der Waals surface area (Å²) in [6.07, 6.45) is 1.78. The van der Waals surface area contributed by atoms with Gasteiger partial charge in [-0.25, -0.2) is 8.42 Å².